The predicted molar refractivity (Wildman–Crippen MR) is 56.7 cm³/mol. The Morgan fingerprint density at radius 3 is 3.15 bits per heavy atom. The zero-order chi connectivity index (χ0) is 9.10. The molecule has 1 N–H and O–H groups in total. The largest absolute Gasteiger partial charge is 0.616 e. The summed E-state index contributed by atoms with van der Waals surface area (Å²) >= 11 is 1.31. The van der Waals surface area contributed by atoms with Gasteiger partial charge in [-0.25, -0.2) is 0 Å². The van der Waals surface area contributed by atoms with E-state index in [0.29, 0.717) is 12.6 Å². The molecule has 13 heavy (non-hydrogen) atoms. The Kier molecular flexibility index (Phi) is 3.80. The van der Waals surface area contributed by atoms with Gasteiger partial charge in [-0.2, -0.15) is 11.8 Å². The van der Waals surface area contributed by atoms with E-state index in [9.17, 15) is 4.55 Å². The van der Waals surface area contributed by atoms with E-state index >= 15 is 0 Å². The minimum atomic E-state index is -0.646. The van der Waals surface area contributed by atoms with Crippen LogP contribution in [0.2, 0.25) is 0 Å². The highest BCUT2D eigenvalue weighted by Gasteiger charge is 2.31. The summed E-state index contributed by atoms with van der Waals surface area (Å²) in [6.07, 6.45) is 0.183. The molecule has 76 valence electrons. The van der Waals surface area contributed by atoms with E-state index in [1.165, 1.54) is 5.75 Å². The molecule has 0 aromatic heterocycles. The van der Waals surface area contributed by atoms with E-state index in [1.807, 2.05) is 11.8 Å². The van der Waals surface area contributed by atoms with Gasteiger partial charge in [-0.05, 0) is 11.2 Å². The van der Waals surface area contributed by atoms with Crippen molar-refractivity contribution in [3.8, 4) is 0 Å². The average Bonchev–Trinajstić information content (AvgIpc) is 2.19. The minimum Gasteiger partial charge on any atom is -0.616 e. The second kappa shape index (κ2) is 4.89. The summed E-state index contributed by atoms with van der Waals surface area (Å²) < 4.78 is 16.9. The van der Waals surface area contributed by atoms with Gasteiger partial charge in [-0.3, -0.25) is 0 Å². The normalized spacial score (nSPS) is 41.8. The molecule has 2 heterocycles. The first-order chi connectivity index (χ1) is 6.36. The van der Waals surface area contributed by atoms with E-state index in [4.69, 9.17) is 4.74 Å². The van der Waals surface area contributed by atoms with E-state index in [-0.39, 0.29) is 6.10 Å². The third kappa shape index (κ3) is 2.76. The Labute approximate surface area is 86.2 Å². The molecule has 0 bridgehead atoms. The lowest BCUT2D eigenvalue weighted by atomic mass is 10.2. The van der Waals surface area contributed by atoms with Gasteiger partial charge >= 0.3 is 0 Å². The summed E-state index contributed by atoms with van der Waals surface area (Å²) in [5.74, 6) is 3.72. The quantitative estimate of drug-likeness (QED) is 0.625. The fourth-order valence-corrected chi connectivity index (χ4v) is 3.82. The van der Waals surface area contributed by atoms with Gasteiger partial charge in [0.2, 0.25) is 0 Å². The van der Waals surface area contributed by atoms with Crippen molar-refractivity contribution < 1.29 is 9.29 Å². The molecule has 2 saturated heterocycles. The van der Waals surface area contributed by atoms with Crippen LogP contribution in [-0.4, -0.2) is 52.9 Å². The van der Waals surface area contributed by atoms with Gasteiger partial charge < -0.3 is 14.6 Å². The predicted octanol–water partition coefficient (Wildman–Crippen LogP) is -0.161. The summed E-state index contributed by atoms with van der Waals surface area (Å²) in [6, 6.07) is 0.419. The fraction of sp³-hybridized carbons (Fsp3) is 1.00. The third-order valence-electron chi connectivity index (χ3n) is 2.39. The highest BCUT2D eigenvalue weighted by molar-refractivity contribution is 7.99. The molecule has 3 atom stereocenters. The molecule has 2 fully saturated rings. The highest BCUT2D eigenvalue weighted by atomic mass is 32.2. The van der Waals surface area contributed by atoms with Crippen molar-refractivity contribution in [2.45, 2.75) is 12.1 Å². The lowest BCUT2D eigenvalue weighted by Gasteiger charge is -2.33. The maximum atomic E-state index is 11.3. The van der Waals surface area contributed by atoms with Crippen LogP contribution in [0.1, 0.15) is 0 Å². The molecular formula is C8H15NO2S2. The molecule has 5 heteroatoms. The molecule has 3 nitrogen and oxygen atoms in total. The monoisotopic (exact) mass is 221 g/mol. The Balaban J connectivity index is 1.83. The van der Waals surface area contributed by atoms with Gasteiger partial charge in [-0.15, -0.1) is 0 Å². The number of ether oxygens (including phenoxy) is 1. The van der Waals surface area contributed by atoms with Gasteiger partial charge in [0, 0.05) is 24.1 Å². The summed E-state index contributed by atoms with van der Waals surface area (Å²) in [5.41, 5.74) is 0. The fourth-order valence-electron chi connectivity index (χ4n) is 1.66. The SMILES string of the molecule is [O-][S+]1CCOC(C2CSCCN2)C1. The van der Waals surface area contributed by atoms with Crippen LogP contribution in [0, 0.1) is 0 Å². The molecule has 0 aliphatic carbocycles. The summed E-state index contributed by atoms with van der Waals surface area (Å²) in [7, 11) is 0. The molecule has 0 saturated carbocycles. The molecule has 0 aromatic rings. The Bertz CT molecular complexity index is 164. The van der Waals surface area contributed by atoms with Crippen LogP contribution >= 0.6 is 11.8 Å². The zero-order valence-electron chi connectivity index (χ0n) is 7.53. The van der Waals surface area contributed by atoms with E-state index in [0.717, 1.165) is 23.8 Å². The van der Waals surface area contributed by atoms with E-state index in [1.54, 1.807) is 0 Å². The molecule has 2 aliphatic heterocycles. The number of hydrogen-bond acceptors (Lipinski definition) is 4. The minimum absolute atomic E-state index is 0.183. The van der Waals surface area contributed by atoms with Gasteiger partial charge in [0.05, 0.1) is 6.61 Å². The molecule has 0 spiro atoms. The van der Waals surface area contributed by atoms with E-state index in [2.05, 4.69) is 5.32 Å². The molecule has 2 rings (SSSR count). The van der Waals surface area contributed by atoms with Gasteiger partial charge in [0.25, 0.3) is 0 Å². The summed E-state index contributed by atoms with van der Waals surface area (Å²) in [6.45, 7) is 1.72. The van der Waals surface area contributed by atoms with Crippen molar-refractivity contribution >= 4 is 22.9 Å². The Morgan fingerprint density at radius 1 is 1.54 bits per heavy atom. The van der Waals surface area contributed by atoms with Crippen molar-refractivity contribution in [3.05, 3.63) is 0 Å². The van der Waals surface area contributed by atoms with Crippen molar-refractivity contribution in [2.75, 3.05) is 36.2 Å². The first-order valence-electron chi connectivity index (χ1n) is 4.64. The van der Waals surface area contributed by atoms with Crippen LogP contribution in [0.3, 0.4) is 0 Å². The van der Waals surface area contributed by atoms with Crippen LogP contribution in [-0.2, 0) is 15.9 Å². The molecule has 0 radical (unpaired) electrons. The Morgan fingerprint density at radius 2 is 2.46 bits per heavy atom. The maximum Gasteiger partial charge on any atom is 0.133 e. The number of rotatable bonds is 1. The molecule has 0 amide bonds. The first kappa shape index (κ1) is 10.1. The van der Waals surface area contributed by atoms with Gasteiger partial charge in [0.1, 0.15) is 17.6 Å². The first-order valence-corrected chi connectivity index (χ1v) is 7.28. The lowest BCUT2D eigenvalue weighted by molar-refractivity contribution is 0.0493. The van der Waals surface area contributed by atoms with Crippen molar-refractivity contribution in [2.24, 2.45) is 0 Å². The zero-order valence-corrected chi connectivity index (χ0v) is 9.16. The van der Waals surface area contributed by atoms with Crippen LogP contribution in [0.5, 0.6) is 0 Å². The second-order valence-electron chi connectivity index (χ2n) is 3.36. The Hall–Kier alpha value is 0.580. The van der Waals surface area contributed by atoms with Crippen LogP contribution < -0.4 is 5.32 Å². The number of thioether (sulfide) groups is 1. The molecule has 2 aliphatic rings. The number of hydrogen-bond donors (Lipinski definition) is 1. The van der Waals surface area contributed by atoms with Crippen LogP contribution in [0.25, 0.3) is 0 Å². The van der Waals surface area contributed by atoms with Crippen molar-refractivity contribution in [1.29, 1.82) is 0 Å². The van der Waals surface area contributed by atoms with Crippen molar-refractivity contribution in [3.63, 3.8) is 0 Å². The lowest BCUT2D eigenvalue weighted by Crippen LogP contribution is -2.52. The smallest absolute Gasteiger partial charge is 0.133 e. The van der Waals surface area contributed by atoms with Gasteiger partial charge in [-0.1, -0.05) is 0 Å². The topological polar surface area (TPSA) is 44.3 Å². The van der Waals surface area contributed by atoms with Crippen LogP contribution in [0.4, 0.5) is 0 Å². The molecule has 3 unspecified atom stereocenters. The number of nitrogens with one attached hydrogen (secondary N) is 1. The molecule has 0 aromatic carbocycles. The third-order valence-corrected chi connectivity index (χ3v) is 4.80. The standard InChI is InChI=1S/C8H15NO2S2/c10-13-4-2-11-8(6-13)7-5-12-3-1-9-7/h7-9H,1-6H2. The van der Waals surface area contributed by atoms with Crippen LogP contribution in [0.15, 0.2) is 0 Å². The second-order valence-corrected chi connectivity index (χ2v) is 6.13. The van der Waals surface area contributed by atoms with E-state index < -0.39 is 11.2 Å². The van der Waals surface area contributed by atoms with Crippen molar-refractivity contribution in [1.82, 2.24) is 5.32 Å². The maximum absolute atomic E-state index is 11.3. The summed E-state index contributed by atoms with van der Waals surface area (Å²) in [5, 5.41) is 3.43. The van der Waals surface area contributed by atoms with Gasteiger partial charge in [0.15, 0.2) is 0 Å². The average molecular weight is 221 g/mol. The highest BCUT2D eigenvalue weighted by Crippen LogP contribution is 2.17. The summed E-state index contributed by atoms with van der Waals surface area (Å²) in [4.78, 5) is 0. The molecular weight excluding hydrogens is 206 g/mol.